The number of aromatic amines is 1. The Kier molecular flexibility index (Phi) is 6.96. The van der Waals surface area contributed by atoms with Crippen molar-refractivity contribution >= 4 is 29.3 Å². The van der Waals surface area contributed by atoms with Crippen molar-refractivity contribution in [2.24, 2.45) is 18.0 Å². The van der Waals surface area contributed by atoms with Crippen LogP contribution >= 0.6 is 11.6 Å². The summed E-state index contributed by atoms with van der Waals surface area (Å²) >= 11 is 6.16. The average Bonchev–Trinajstić information content (AvgIpc) is 3.34. The zero-order valence-electron chi connectivity index (χ0n) is 17.8. The predicted octanol–water partition coefficient (Wildman–Crippen LogP) is 4.04. The number of aromatic hydroxyl groups is 1. The highest BCUT2D eigenvalue weighted by atomic mass is 35.5. The molecule has 2 aromatic heterocycles. The van der Waals surface area contributed by atoms with Gasteiger partial charge in [0.05, 0.1) is 16.3 Å². The number of nitrogens with zero attached hydrogens (tertiary/aromatic N) is 4. The van der Waals surface area contributed by atoms with E-state index in [0.29, 0.717) is 16.3 Å². The van der Waals surface area contributed by atoms with Gasteiger partial charge >= 0.3 is 6.18 Å². The summed E-state index contributed by atoms with van der Waals surface area (Å²) in [7, 11) is 1.29. The first-order valence-electron chi connectivity index (χ1n) is 9.72. The highest BCUT2D eigenvalue weighted by molar-refractivity contribution is 6.33. The van der Waals surface area contributed by atoms with E-state index in [-0.39, 0.29) is 30.0 Å². The van der Waals surface area contributed by atoms with E-state index in [1.54, 1.807) is 6.07 Å². The lowest BCUT2D eigenvalue weighted by Crippen LogP contribution is -2.37. The molecule has 0 aliphatic rings. The molecular formula is C20H21ClF3N7O2. The standard InChI is InChI=1S/C20H21ClF3N7O2/c1-10(2)8-25-19(27-18(33)13-9-31(3)30-17(13)20(22,23)24)26-16-7-15(28-29-16)12-6-11(32)4-5-14(12)21/h4-7,9-10,32H,8H2,1-3H3,(H3,25,26,27,28,29,33). The lowest BCUT2D eigenvalue weighted by molar-refractivity contribution is -0.141. The van der Waals surface area contributed by atoms with Crippen LogP contribution in [0, 0.1) is 5.92 Å². The molecule has 2 heterocycles. The number of carbonyl (C=O) groups excluding carboxylic acids is 1. The van der Waals surface area contributed by atoms with Gasteiger partial charge in [0.15, 0.2) is 11.5 Å². The molecule has 0 aliphatic carbocycles. The summed E-state index contributed by atoms with van der Waals surface area (Å²) in [5.41, 5.74) is -1.00. The number of halogens is 4. The number of rotatable bonds is 5. The van der Waals surface area contributed by atoms with Gasteiger partial charge in [-0.1, -0.05) is 25.4 Å². The average molecular weight is 484 g/mol. The molecule has 9 nitrogen and oxygen atoms in total. The molecule has 0 radical (unpaired) electrons. The molecule has 0 bridgehead atoms. The Labute approximate surface area is 191 Å². The van der Waals surface area contributed by atoms with Crippen molar-refractivity contribution in [3.63, 3.8) is 0 Å². The summed E-state index contributed by atoms with van der Waals surface area (Å²) in [6.07, 6.45) is -3.82. The molecule has 0 saturated carbocycles. The molecule has 1 amide bonds. The van der Waals surface area contributed by atoms with Crippen molar-refractivity contribution in [1.82, 2.24) is 25.3 Å². The zero-order chi connectivity index (χ0) is 24.3. The van der Waals surface area contributed by atoms with Crippen LogP contribution in [0.25, 0.3) is 11.3 Å². The Bertz CT molecular complexity index is 1180. The second kappa shape index (κ2) is 9.53. The minimum atomic E-state index is -4.80. The third-order valence-electron chi connectivity index (χ3n) is 4.25. The van der Waals surface area contributed by atoms with E-state index in [1.165, 1.54) is 25.2 Å². The Balaban J connectivity index is 1.85. The highest BCUT2D eigenvalue weighted by Gasteiger charge is 2.39. The van der Waals surface area contributed by atoms with E-state index in [4.69, 9.17) is 11.6 Å². The molecule has 0 fully saturated rings. The smallest absolute Gasteiger partial charge is 0.435 e. The number of aliphatic imine (C=N–C) groups is 1. The number of guanidine groups is 1. The van der Waals surface area contributed by atoms with Gasteiger partial charge in [-0.05, 0) is 24.1 Å². The number of H-pyrrole nitrogens is 1. The minimum Gasteiger partial charge on any atom is -0.508 e. The van der Waals surface area contributed by atoms with Gasteiger partial charge in [0, 0.05) is 31.4 Å². The molecule has 3 rings (SSSR count). The molecule has 0 aliphatic heterocycles. The number of amides is 1. The van der Waals surface area contributed by atoms with Gasteiger partial charge in [-0.3, -0.25) is 24.9 Å². The van der Waals surface area contributed by atoms with Crippen LogP contribution in [0.2, 0.25) is 5.02 Å². The van der Waals surface area contributed by atoms with Crippen LogP contribution in [0.4, 0.5) is 19.0 Å². The predicted molar refractivity (Wildman–Crippen MR) is 117 cm³/mol. The van der Waals surface area contributed by atoms with Gasteiger partial charge in [0.2, 0.25) is 5.96 Å². The van der Waals surface area contributed by atoms with E-state index in [0.717, 1.165) is 10.9 Å². The maximum absolute atomic E-state index is 13.2. The number of nitrogens with one attached hydrogen (secondary N) is 3. The summed E-state index contributed by atoms with van der Waals surface area (Å²) in [4.78, 5) is 16.9. The summed E-state index contributed by atoms with van der Waals surface area (Å²) in [6.45, 7) is 4.07. The van der Waals surface area contributed by atoms with Crippen LogP contribution in [0.5, 0.6) is 5.75 Å². The molecule has 0 saturated heterocycles. The molecule has 33 heavy (non-hydrogen) atoms. The normalized spacial score (nSPS) is 12.3. The van der Waals surface area contributed by atoms with Crippen molar-refractivity contribution in [2.45, 2.75) is 20.0 Å². The molecule has 4 N–H and O–H groups in total. The van der Waals surface area contributed by atoms with E-state index < -0.39 is 23.3 Å². The first-order chi connectivity index (χ1) is 15.4. The van der Waals surface area contributed by atoms with Gasteiger partial charge < -0.3 is 10.4 Å². The number of hydrogen-bond acceptors (Lipinski definition) is 5. The van der Waals surface area contributed by atoms with Crippen molar-refractivity contribution < 1.29 is 23.1 Å². The van der Waals surface area contributed by atoms with E-state index in [9.17, 15) is 23.1 Å². The van der Waals surface area contributed by atoms with Gasteiger partial charge in [-0.25, -0.2) is 0 Å². The summed E-state index contributed by atoms with van der Waals surface area (Å²) < 4.78 is 40.6. The number of alkyl halides is 3. The lowest BCUT2D eigenvalue weighted by atomic mass is 10.1. The van der Waals surface area contributed by atoms with E-state index in [2.05, 4.69) is 30.9 Å². The largest absolute Gasteiger partial charge is 0.508 e. The molecule has 0 spiro atoms. The fourth-order valence-corrected chi connectivity index (χ4v) is 3.01. The maximum Gasteiger partial charge on any atom is 0.435 e. The lowest BCUT2D eigenvalue weighted by Gasteiger charge is -2.11. The third kappa shape index (κ3) is 6.04. The number of hydrogen-bond donors (Lipinski definition) is 4. The first kappa shape index (κ1) is 24.1. The zero-order valence-corrected chi connectivity index (χ0v) is 18.6. The fraction of sp³-hybridized carbons (Fsp3) is 0.300. The molecular weight excluding hydrogens is 463 g/mol. The van der Waals surface area contributed by atoms with Crippen LogP contribution in [0.15, 0.2) is 35.5 Å². The number of carbonyl (C=O) groups is 1. The van der Waals surface area contributed by atoms with Crippen LogP contribution in [0.1, 0.15) is 29.9 Å². The van der Waals surface area contributed by atoms with Crippen LogP contribution in [0.3, 0.4) is 0 Å². The third-order valence-corrected chi connectivity index (χ3v) is 4.58. The SMILES string of the molecule is CC(C)CN=C(NC(=O)c1cn(C)nc1C(F)(F)F)Nc1cc(-c2cc(O)ccc2Cl)[nH]n1. The van der Waals surface area contributed by atoms with Crippen molar-refractivity contribution in [2.75, 3.05) is 11.9 Å². The molecule has 13 heteroatoms. The molecule has 1 aromatic carbocycles. The number of anilines is 1. The Morgan fingerprint density at radius 2 is 2.06 bits per heavy atom. The molecule has 176 valence electrons. The van der Waals surface area contributed by atoms with Crippen molar-refractivity contribution in [3.05, 3.63) is 46.7 Å². The van der Waals surface area contributed by atoms with Crippen LogP contribution < -0.4 is 10.6 Å². The minimum absolute atomic E-state index is 0.00176. The molecule has 0 unspecified atom stereocenters. The number of phenols is 1. The Morgan fingerprint density at radius 3 is 2.73 bits per heavy atom. The highest BCUT2D eigenvalue weighted by Crippen LogP contribution is 2.31. The maximum atomic E-state index is 13.2. The summed E-state index contributed by atoms with van der Waals surface area (Å²) in [6, 6.07) is 5.93. The van der Waals surface area contributed by atoms with Crippen molar-refractivity contribution in [1.29, 1.82) is 0 Å². The molecule has 0 atom stereocenters. The number of phenolic OH excluding ortho intramolecular Hbond substituents is 1. The summed E-state index contributed by atoms with van der Waals surface area (Å²) in [5.74, 6) is -0.789. The van der Waals surface area contributed by atoms with E-state index in [1.807, 2.05) is 13.8 Å². The van der Waals surface area contributed by atoms with Gasteiger partial charge in [-0.2, -0.15) is 23.4 Å². The Hall–Kier alpha value is -3.54. The second-order valence-corrected chi connectivity index (χ2v) is 7.96. The van der Waals surface area contributed by atoms with Crippen LogP contribution in [-0.2, 0) is 13.2 Å². The fourth-order valence-electron chi connectivity index (χ4n) is 2.79. The van der Waals surface area contributed by atoms with Gasteiger partial charge in [0.25, 0.3) is 5.91 Å². The number of aromatic nitrogens is 4. The van der Waals surface area contributed by atoms with E-state index >= 15 is 0 Å². The number of benzene rings is 1. The first-order valence-corrected chi connectivity index (χ1v) is 10.1. The number of aryl methyl sites for hydroxylation is 1. The van der Waals surface area contributed by atoms with Gasteiger partial charge in [-0.15, -0.1) is 0 Å². The van der Waals surface area contributed by atoms with Crippen LogP contribution in [-0.4, -0.2) is 43.5 Å². The van der Waals surface area contributed by atoms with Gasteiger partial charge in [0.1, 0.15) is 5.75 Å². The quantitative estimate of drug-likeness (QED) is 0.322. The topological polar surface area (TPSA) is 120 Å². The Morgan fingerprint density at radius 1 is 1.33 bits per heavy atom. The van der Waals surface area contributed by atoms with Crippen molar-refractivity contribution in [3.8, 4) is 17.0 Å². The summed E-state index contributed by atoms with van der Waals surface area (Å²) in [5, 5.41) is 25.4. The monoisotopic (exact) mass is 483 g/mol. The second-order valence-electron chi connectivity index (χ2n) is 7.56. The molecule has 3 aromatic rings.